The van der Waals surface area contributed by atoms with Gasteiger partial charge in [0, 0.05) is 24.5 Å². The van der Waals surface area contributed by atoms with E-state index in [1.165, 1.54) is 29.6 Å². The van der Waals surface area contributed by atoms with Crippen molar-refractivity contribution in [2.75, 3.05) is 18.0 Å². The molecule has 29 heavy (non-hydrogen) atoms. The zero-order valence-corrected chi connectivity index (χ0v) is 17.4. The van der Waals surface area contributed by atoms with Crippen LogP contribution in [0.15, 0.2) is 52.2 Å². The van der Waals surface area contributed by atoms with E-state index in [-0.39, 0.29) is 22.7 Å². The first-order valence-corrected chi connectivity index (χ1v) is 10.4. The summed E-state index contributed by atoms with van der Waals surface area (Å²) in [6.45, 7) is 3.66. The molecule has 2 aromatic carbocycles. The maximum atomic E-state index is 13.4. The molecule has 150 valence electrons. The minimum atomic E-state index is -3.94. The van der Waals surface area contributed by atoms with Gasteiger partial charge in [0.25, 0.3) is 15.6 Å². The number of ether oxygens (including phenoxy) is 1. The summed E-state index contributed by atoms with van der Waals surface area (Å²) in [6, 6.07) is 13.1. The van der Waals surface area contributed by atoms with Crippen LogP contribution in [0.2, 0.25) is 0 Å². The van der Waals surface area contributed by atoms with Gasteiger partial charge in [-0.3, -0.25) is 9.10 Å². The van der Waals surface area contributed by atoms with Gasteiger partial charge in [0.05, 0.1) is 29.9 Å². The van der Waals surface area contributed by atoms with Crippen LogP contribution in [0.3, 0.4) is 0 Å². The van der Waals surface area contributed by atoms with Crippen molar-refractivity contribution in [1.82, 2.24) is 4.57 Å². The minimum absolute atomic E-state index is 0.0161. The molecule has 0 bridgehead atoms. The number of pyridine rings is 1. The number of nitriles is 1. The molecule has 0 spiro atoms. The lowest BCUT2D eigenvalue weighted by atomic mass is 10.1. The first-order chi connectivity index (χ1) is 13.7. The van der Waals surface area contributed by atoms with E-state index >= 15 is 0 Å². The van der Waals surface area contributed by atoms with Crippen molar-refractivity contribution in [2.24, 2.45) is 7.05 Å². The Morgan fingerprint density at radius 2 is 1.90 bits per heavy atom. The smallest absolute Gasteiger partial charge is 0.268 e. The lowest BCUT2D eigenvalue weighted by Gasteiger charge is -2.24. The molecular formula is C21H21N3O4S. The molecule has 7 nitrogen and oxygen atoms in total. The molecule has 0 amide bonds. The fourth-order valence-electron chi connectivity index (χ4n) is 3.35. The van der Waals surface area contributed by atoms with Gasteiger partial charge in [-0.1, -0.05) is 0 Å². The lowest BCUT2D eigenvalue weighted by Crippen LogP contribution is -2.31. The summed E-state index contributed by atoms with van der Waals surface area (Å²) in [5.74, 6) is 0.113. The molecule has 0 N–H and O–H groups in total. The van der Waals surface area contributed by atoms with Gasteiger partial charge in [0.1, 0.15) is 10.6 Å². The van der Waals surface area contributed by atoms with Gasteiger partial charge in [0.15, 0.2) is 0 Å². The number of sulfonamides is 1. The number of nitrogens with zero attached hydrogens (tertiary/aromatic N) is 3. The molecule has 0 saturated heterocycles. The number of aromatic nitrogens is 1. The Hall–Kier alpha value is -3.31. The molecule has 0 unspecified atom stereocenters. The molecule has 0 aliphatic rings. The maximum absolute atomic E-state index is 13.4. The Bertz CT molecular complexity index is 1300. The standard InChI is InChI=1S/C21H21N3O4S/c1-5-24(29(26,27)20-9-6-15(13-22)11-19(20)28-4)17-7-8-18-16(12-17)10-14(2)21(25)23(18)3/h6-12H,5H2,1-4H3. The zero-order chi connectivity index (χ0) is 21.3. The largest absolute Gasteiger partial charge is 0.495 e. The molecular weight excluding hydrogens is 390 g/mol. The van der Waals surface area contributed by atoms with E-state index in [0.717, 1.165) is 5.39 Å². The molecule has 0 saturated carbocycles. The van der Waals surface area contributed by atoms with Crippen LogP contribution in [0, 0.1) is 18.3 Å². The van der Waals surface area contributed by atoms with Crippen molar-refractivity contribution < 1.29 is 13.2 Å². The zero-order valence-electron chi connectivity index (χ0n) is 16.6. The molecule has 0 atom stereocenters. The summed E-state index contributed by atoms with van der Waals surface area (Å²) in [5.41, 5.74) is 1.99. The third-order valence-electron chi connectivity index (χ3n) is 4.82. The monoisotopic (exact) mass is 411 g/mol. The second kappa shape index (κ2) is 7.60. The minimum Gasteiger partial charge on any atom is -0.495 e. The Morgan fingerprint density at radius 3 is 2.52 bits per heavy atom. The molecule has 0 aliphatic carbocycles. The average Bonchev–Trinajstić information content (AvgIpc) is 2.71. The quantitative estimate of drug-likeness (QED) is 0.644. The highest BCUT2D eigenvalue weighted by molar-refractivity contribution is 7.93. The number of benzene rings is 2. The van der Waals surface area contributed by atoms with Gasteiger partial charge in [0.2, 0.25) is 0 Å². The number of aryl methyl sites for hydroxylation is 2. The van der Waals surface area contributed by atoms with E-state index in [4.69, 9.17) is 10.00 Å². The summed E-state index contributed by atoms with van der Waals surface area (Å²) >= 11 is 0. The molecule has 0 radical (unpaired) electrons. The predicted molar refractivity (Wildman–Crippen MR) is 112 cm³/mol. The van der Waals surface area contributed by atoms with Gasteiger partial charge in [-0.15, -0.1) is 0 Å². The SMILES string of the molecule is CCN(c1ccc2c(c1)cc(C)c(=O)n2C)S(=O)(=O)c1ccc(C#N)cc1OC. The summed E-state index contributed by atoms with van der Waals surface area (Å²) in [6.07, 6.45) is 0. The van der Waals surface area contributed by atoms with Crippen LogP contribution in [0.1, 0.15) is 18.1 Å². The predicted octanol–water partition coefficient (Wildman–Crippen LogP) is 2.94. The number of anilines is 1. The Kier molecular flexibility index (Phi) is 5.36. The van der Waals surface area contributed by atoms with Crippen molar-refractivity contribution in [3.8, 4) is 11.8 Å². The highest BCUT2D eigenvalue weighted by Gasteiger charge is 2.27. The van der Waals surface area contributed by atoms with Crippen molar-refractivity contribution in [3.05, 3.63) is 63.9 Å². The van der Waals surface area contributed by atoms with E-state index in [1.54, 1.807) is 49.7 Å². The van der Waals surface area contributed by atoms with Crippen LogP contribution < -0.4 is 14.6 Å². The Morgan fingerprint density at radius 1 is 1.17 bits per heavy atom. The van der Waals surface area contributed by atoms with Gasteiger partial charge in [-0.2, -0.15) is 5.26 Å². The van der Waals surface area contributed by atoms with E-state index in [1.807, 2.05) is 6.07 Å². The maximum Gasteiger partial charge on any atom is 0.268 e. The summed E-state index contributed by atoms with van der Waals surface area (Å²) < 4.78 is 34.8. The van der Waals surface area contributed by atoms with Gasteiger partial charge >= 0.3 is 0 Å². The van der Waals surface area contributed by atoms with Crippen LogP contribution in [0.4, 0.5) is 5.69 Å². The van der Waals surface area contributed by atoms with Crippen LogP contribution in [0.5, 0.6) is 5.75 Å². The molecule has 0 aliphatic heterocycles. The van der Waals surface area contributed by atoms with Gasteiger partial charge in [-0.25, -0.2) is 8.42 Å². The van der Waals surface area contributed by atoms with Crippen molar-refractivity contribution in [3.63, 3.8) is 0 Å². The second-order valence-corrected chi connectivity index (χ2v) is 8.41. The molecule has 3 aromatic rings. The summed E-state index contributed by atoms with van der Waals surface area (Å²) in [4.78, 5) is 12.1. The number of hydrogen-bond acceptors (Lipinski definition) is 5. The van der Waals surface area contributed by atoms with E-state index in [9.17, 15) is 13.2 Å². The van der Waals surface area contributed by atoms with Crippen LogP contribution >= 0.6 is 0 Å². The molecule has 1 aromatic heterocycles. The van der Waals surface area contributed by atoms with Crippen molar-refractivity contribution >= 4 is 26.6 Å². The lowest BCUT2D eigenvalue weighted by molar-refractivity contribution is 0.402. The second-order valence-electron chi connectivity index (χ2n) is 6.58. The van der Waals surface area contributed by atoms with Crippen molar-refractivity contribution in [1.29, 1.82) is 5.26 Å². The number of rotatable bonds is 5. The normalized spacial score (nSPS) is 11.3. The van der Waals surface area contributed by atoms with Crippen LogP contribution in [0.25, 0.3) is 10.9 Å². The molecule has 1 heterocycles. The first-order valence-electron chi connectivity index (χ1n) is 8.95. The van der Waals surface area contributed by atoms with Crippen LogP contribution in [-0.2, 0) is 17.1 Å². The average molecular weight is 411 g/mol. The molecule has 0 fully saturated rings. The summed E-state index contributed by atoms with van der Waals surface area (Å²) in [5, 5.41) is 9.83. The Balaban J connectivity index is 2.18. The number of fused-ring (bicyclic) bond motifs is 1. The number of hydrogen-bond donors (Lipinski definition) is 0. The highest BCUT2D eigenvalue weighted by Crippen LogP contribution is 2.32. The molecule has 3 rings (SSSR count). The third-order valence-corrected chi connectivity index (χ3v) is 6.76. The van der Waals surface area contributed by atoms with E-state index < -0.39 is 10.0 Å². The van der Waals surface area contributed by atoms with E-state index in [0.29, 0.717) is 22.3 Å². The third kappa shape index (κ3) is 3.45. The highest BCUT2D eigenvalue weighted by atomic mass is 32.2. The Labute approximate surface area is 169 Å². The van der Waals surface area contributed by atoms with Crippen molar-refractivity contribution in [2.45, 2.75) is 18.7 Å². The fraction of sp³-hybridized carbons (Fsp3) is 0.238. The van der Waals surface area contributed by atoms with Gasteiger partial charge < -0.3 is 9.30 Å². The number of methoxy groups -OCH3 is 1. The fourth-order valence-corrected chi connectivity index (χ4v) is 4.95. The van der Waals surface area contributed by atoms with Gasteiger partial charge in [-0.05, 0) is 56.3 Å². The topological polar surface area (TPSA) is 92.4 Å². The first kappa shape index (κ1) is 20.4. The van der Waals surface area contributed by atoms with Crippen LogP contribution in [-0.4, -0.2) is 26.6 Å². The summed E-state index contributed by atoms with van der Waals surface area (Å²) in [7, 11) is -0.885. The van der Waals surface area contributed by atoms with E-state index in [2.05, 4.69) is 0 Å². The molecule has 8 heteroatoms.